The van der Waals surface area contributed by atoms with Crippen LogP contribution in [0.15, 0.2) is 132 Å². The second kappa shape index (κ2) is 15.9. The van der Waals surface area contributed by atoms with Crippen molar-refractivity contribution in [3.05, 3.63) is 154 Å². The van der Waals surface area contributed by atoms with Crippen LogP contribution < -0.4 is 4.90 Å². The molecule has 0 bridgehead atoms. The van der Waals surface area contributed by atoms with E-state index < -0.39 is 36.8 Å². The zero-order valence-electron chi connectivity index (χ0n) is 34.3. The zero-order chi connectivity index (χ0) is 42.6. The molecule has 1 aliphatic carbocycles. The van der Waals surface area contributed by atoms with Crippen LogP contribution in [0.3, 0.4) is 0 Å². The first-order valence-corrected chi connectivity index (χ1v) is 24.0. The highest BCUT2D eigenvalue weighted by molar-refractivity contribution is 7.85. The summed E-state index contributed by atoms with van der Waals surface area (Å²) < 4.78 is 69.2. The van der Waals surface area contributed by atoms with Gasteiger partial charge >= 0.3 is 0 Å². The Bertz CT molecular complexity index is 2960. The van der Waals surface area contributed by atoms with Crippen LogP contribution in [-0.2, 0) is 31.1 Å². The molecule has 0 unspecified atom stereocenters. The number of rotatable bonds is 13. The summed E-state index contributed by atoms with van der Waals surface area (Å²) in [7, 11) is -8.37. The van der Waals surface area contributed by atoms with Gasteiger partial charge in [-0.1, -0.05) is 110 Å². The molecule has 5 aromatic carbocycles. The Labute approximate surface area is 358 Å². The summed E-state index contributed by atoms with van der Waals surface area (Å²) >= 11 is 7.45. The largest absolute Gasteiger partial charge is 0.748 e. The van der Waals surface area contributed by atoms with Gasteiger partial charge in [-0.05, 0) is 95.6 Å². The molecule has 0 aromatic heterocycles. The number of nitrogens with zero attached hydrogens (tertiary/aromatic N) is 2. The van der Waals surface area contributed by atoms with Crippen LogP contribution in [-0.4, -0.2) is 60.8 Å². The SMILES string of the molecule is CC1(C)C(=CC=C2C(Cl)=C(C=CC3=[N+](CCCCS(=O)(=O)[O-])c4ccc5ccccc5c4C3(C)C)c3ccccc32)N(CCCCS(=O)(=O)O)c2ccc3ccccc3c21. The van der Waals surface area contributed by atoms with E-state index in [0.717, 1.165) is 61.2 Å². The van der Waals surface area contributed by atoms with E-state index in [1.165, 1.54) is 16.5 Å². The smallest absolute Gasteiger partial charge is 0.264 e. The minimum Gasteiger partial charge on any atom is -0.748 e. The minimum absolute atomic E-state index is 0.275. The number of halogens is 1. The average molecular weight is 862 g/mol. The Hall–Kier alpha value is -4.84. The lowest BCUT2D eigenvalue weighted by atomic mass is 9.79. The number of fused-ring (bicyclic) bond motifs is 7. The maximum Gasteiger partial charge on any atom is 0.264 e. The second-order valence-corrected chi connectivity index (χ2v) is 20.5. The van der Waals surface area contributed by atoms with E-state index in [-0.39, 0.29) is 12.2 Å². The Morgan fingerprint density at radius 2 is 1.32 bits per heavy atom. The zero-order valence-corrected chi connectivity index (χ0v) is 36.7. The number of anilines is 1. The molecule has 5 aromatic rings. The van der Waals surface area contributed by atoms with Gasteiger partial charge < -0.3 is 9.45 Å². The fourth-order valence-corrected chi connectivity index (χ4v) is 11.1. The van der Waals surface area contributed by atoms with E-state index in [4.69, 9.17) is 11.6 Å². The molecule has 1 N–H and O–H groups in total. The first-order valence-electron chi connectivity index (χ1n) is 20.4. The fourth-order valence-electron chi connectivity index (χ4n) is 9.64. The number of unbranched alkanes of at least 4 members (excludes halogenated alkanes) is 2. The highest BCUT2D eigenvalue weighted by Crippen LogP contribution is 2.52. The predicted octanol–water partition coefficient (Wildman–Crippen LogP) is 10.6. The van der Waals surface area contributed by atoms with Gasteiger partial charge in [-0.2, -0.15) is 13.0 Å². The number of hydrogen-bond donors (Lipinski definition) is 1. The molecule has 11 heteroatoms. The van der Waals surface area contributed by atoms with Gasteiger partial charge in [0.05, 0.1) is 26.3 Å². The van der Waals surface area contributed by atoms with Gasteiger partial charge in [0, 0.05) is 64.4 Å². The number of hydrogen-bond acceptors (Lipinski definition) is 6. The molecule has 2 aliphatic heterocycles. The molecule has 0 saturated heterocycles. The lowest BCUT2D eigenvalue weighted by Gasteiger charge is -2.27. The molecule has 0 spiro atoms. The van der Waals surface area contributed by atoms with Crippen LogP contribution in [0.4, 0.5) is 11.4 Å². The molecular weight excluding hydrogens is 812 g/mol. The van der Waals surface area contributed by atoms with Gasteiger partial charge in [0.25, 0.3) is 10.1 Å². The van der Waals surface area contributed by atoms with Crippen LogP contribution >= 0.6 is 11.6 Å². The molecule has 2 heterocycles. The molecule has 0 saturated carbocycles. The normalized spacial score (nSPS) is 18.5. The highest BCUT2D eigenvalue weighted by atomic mass is 35.5. The lowest BCUT2D eigenvalue weighted by molar-refractivity contribution is -0.438. The van der Waals surface area contributed by atoms with E-state index in [1.807, 2.05) is 24.3 Å². The third-order valence-corrected chi connectivity index (χ3v) is 14.4. The molecule has 0 atom stereocenters. The summed E-state index contributed by atoms with van der Waals surface area (Å²) in [4.78, 5) is 2.28. The third kappa shape index (κ3) is 7.80. The van der Waals surface area contributed by atoms with Crippen LogP contribution in [0, 0.1) is 0 Å². The fraction of sp³-hybridized carbons (Fsp3) is 0.286. The first kappa shape index (κ1) is 41.9. The van der Waals surface area contributed by atoms with Gasteiger partial charge in [-0.25, -0.2) is 8.42 Å². The summed E-state index contributed by atoms with van der Waals surface area (Å²) in [6.45, 7) is 10.0. The van der Waals surface area contributed by atoms with Crippen molar-refractivity contribution in [2.75, 3.05) is 29.5 Å². The minimum atomic E-state index is -4.31. The molecule has 0 radical (unpaired) electrons. The van der Waals surface area contributed by atoms with Gasteiger partial charge in [0.2, 0.25) is 5.69 Å². The number of allylic oxidation sites excluding steroid dienone is 8. The maximum atomic E-state index is 11.6. The highest BCUT2D eigenvalue weighted by Gasteiger charge is 2.46. The number of benzene rings is 5. The van der Waals surface area contributed by atoms with Gasteiger partial charge in [0.15, 0.2) is 5.71 Å². The van der Waals surface area contributed by atoms with Gasteiger partial charge in [-0.3, -0.25) is 4.55 Å². The molecule has 8 rings (SSSR count). The monoisotopic (exact) mass is 860 g/mol. The quantitative estimate of drug-likeness (QED) is 0.0711. The predicted molar refractivity (Wildman–Crippen MR) is 245 cm³/mol. The lowest BCUT2D eigenvalue weighted by Crippen LogP contribution is -2.28. The van der Waals surface area contributed by atoms with Crippen molar-refractivity contribution in [1.82, 2.24) is 0 Å². The Morgan fingerprint density at radius 1 is 0.700 bits per heavy atom. The second-order valence-electron chi connectivity index (χ2n) is 17.0. The van der Waals surface area contributed by atoms with Crippen LogP contribution in [0.1, 0.15) is 75.6 Å². The van der Waals surface area contributed by atoms with Crippen molar-refractivity contribution < 1.29 is 30.5 Å². The summed E-state index contributed by atoms with van der Waals surface area (Å²) in [5.41, 5.74) is 9.66. The molecule has 8 nitrogen and oxygen atoms in total. The summed E-state index contributed by atoms with van der Waals surface area (Å²) in [6.07, 6.45) is 10.2. The summed E-state index contributed by atoms with van der Waals surface area (Å²) in [5.74, 6) is -0.676. The van der Waals surface area contributed by atoms with E-state index in [1.54, 1.807) is 0 Å². The maximum absolute atomic E-state index is 11.6. The van der Waals surface area contributed by atoms with Gasteiger partial charge in [0.1, 0.15) is 6.54 Å². The average Bonchev–Trinajstić information content (AvgIpc) is 3.69. The third-order valence-electron chi connectivity index (χ3n) is 12.4. The first-order chi connectivity index (χ1) is 28.5. The molecule has 60 heavy (non-hydrogen) atoms. The van der Waals surface area contributed by atoms with Crippen LogP contribution in [0.5, 0.6) is 0 Å². The molecule has 3 aliphatic rings. The van der Waals surface area contributed by atoms with E-state index >= 15 is 0 Å². The van der Waals surface area contributed by atoms with E-state index in [9.17, 15) is 25.9 Å². The van der Waals surface area contributed by atoms with Crippen molar-refractivity contribution in [3.63, 3.8) is 0 Å². The van der Waals surface area contributed by atoms with Crippen molar-refractivity contribution >= 4 is 81.6 Å². The van der Waals surface area contributed by atoms with Crippen LogP contribution in [0.2, 0.25) is 0 Å². The summed E-state index contributed by atoms with van der Waals surface area (Å²) in [6, 6.07) is 33.5. The van der Waals surface area contributed by atoms with Crippen molar-refractivity contribution in [1.29, 1.82) is 0 Å². The Kier molecular flexibility index (Phi) is 11.1. The topological polar surface area (TPSA) is 118 Å². The Morgan fingerprint density at radius 3 is 2.00 bits per heavy atom. The van der Waals surface area contributed by atoms with Gasteiger partial charge in [-0.15, -0.1) is 0 Å². The van der Waals surface area contributed by atoms with E-state index in [0.29, 0.717) is 37.4 Å². The molecule has 310 valence electrons. The van der Waals surface area contributed by atoms with Crippen molar-refractivity contribution in [2.45, 2.75) is 64.2 Å². The molecule has 0 amide bonds. The standard InChI is InChI=1S/C49H49ClN2O6S2/c1-48(2)43(51(29-11-13-31-59(53,54)55)41-25-21-33-15-5-7-17-35(33)45(41)48)27-23-39-37-19-9-10-20-38(37)40(47(39)50)24-28-44-49(3,4)46-36-18-8-6-16-34(36)22-26-42(46)52(44)30-12-14-32-60(56,57)58/h5-10,15-28H,11-14,29-32H2,1-4H3,(H-,53,54,55,56,57,58). The van der Waals surface area contributed by atoms with Crippen LogP contribution in [0.25, 0.3) is 32.7 Å². The van der Waals surface area contributed by atoms with Crippen molar-refractivity contribution in [2.24, 2.45) is 0 Å². The molecule has 0 fully saturated rings. The Balaban J connectivity index is 1.20. The van der Waals surface area contributed by atoms with Crippen molar-refractivity contribution in [3.8, 4) is 0 Å². The summed E-state index contributed by atoms with van der Waals surface area (Å²) in [5, 5.41) is 5.24. The van der Waals surface area contributed by atoms with E-state index in [2.05, 4.69) is 134 Å². The molecular formula is C49H49ClN2O6S2.